The highest BCUT2D eigenvalue weighted by atomic mass is 16.6. The van der Waals surface area contributed by atoms with E-state index in [4.69, 9.17) is 4.74 Å². The Hall–Kier alpha value is -3.15. The highest BCUT2D eigenvalue weighted by molar-refractivity contribution is 5.91. The second kappa shape index (κ2) is 6.23. The summed E-state index contributed by atoms with van der Waals surface area (Å²) in [5.41, 5.74) is 4.75. The van der Waals surface area contributed by atoms with Crippen LogP contribution in [-0.2, 0) is 11.2 Å². The van der Waals surface area contributed by atoms with Gasteiger partial charge in [-0.1, -0.05) is 12.6 Å². The van der Waals surface area contributed by atoms with Crippen molar-refractivity contribution in [2.45, 2.75) is 32.8 Å². The minimum Gasteiger partial charge on any atom is -0.443 e. The summed E-state index contributed by atoms with van der Waals surface area (Å²) < 4.78 is 7.48. The molecule has 6 heteroatoms. The molecule has 0 bridgehead atoms. The molecule has 0 radical (unpaired) electrons. The molecule has 1 aliphatic rings. The molecule has 6 nitrogen and oxygen atoms in total. The third kappa shape index (κ3) is 3.18. The first-order chi connectivity index (χ1) is 12.9. The standard InChI is InChI=1S/C21H22N4O2/c1-5-15-7-9-17-19(23-15)25(13-22-17)16-8-6-14-10-11-24(18(14)12-16)20(26)27-21(2,3)4/h5-9,12-13H,1,10-11H2,2-4H3. The van der Waals surface area contributed by atoms with Crippen molar-refractivity contribution in [2.24, 2.45) is 0 Å². The van der Waals surface area contributed by atoms with E-state index in [2.05, 4.69) is 22.6 Å². The molecule has 0 unspecified atom stereocenters. The second-order valence-electron chi connectivity index (χ2n) is 7.59. The summed E-state index contributed by atoms with van der Waals surface area (Å²) in [4.78, 5) is 23.3. The van der Waals surface area contributed by atoms with E-state index in [1.54, 1.807) is 17.3 Å². The maximum Gasteiger partial charge on any atom is 0.414 e. The Labute approximate surface area is 158 Å². The molecule has 0 saturated heterocycles. The van der Waals surface area contributed by atoms with Gasteiger partial charge in [0.1, 0.15) is 17.4 Å². The van der Waals surface area contributed by atoms with Crippen molar-refractivity contribution in [3.8, 4) is 5.69 Å². The topological polar surface area (TPSA) is 60.2 Å². The van der Waals surface area contributed by atoms with Gasteiger partial charge in [0.2, 0.25) is 0 Å². The molecule has 3 heterocycles. The fraction of sp³-hybridized carbons (Fsp3) is 0.286. The molecule has 138 valence electrons. The number of aromatic nitrogens is 3. The largest absolute Gasteiger partial charge is 0.443 e. The van der Waals surface area contributed by atoms with Crippen LogP contribution in [0.1, 0.15) is 32.0 Å². The van der Waals surface area contributed by atoms with Gasteiger partial charge in [0.25, 0.3) is 0 Å². The van der Waals surface area contributed by atoms with Crippen LogP contribution >= 0.6 is 0 Å². The number of fused-ring (bicyclic) bond motifs is 2. The number of hydrogen-bond donors (Lipinski definition) is 0. The van der Waals surface area contributed by atoms with Crippen LogP contribution in [0.4, 0.5) is 10.5 Å². The molecule has 3 aromatic rings. The summed E-state index contributed by atoms with van der Waals surface area (Å²) in [5.74, 6) is 0. The van der Waals surface area contributed by atoms with E-state index in [1.165, 1.54) is 0 Å². The highest BCUT2D eigenvalue weighted by Crippen LogP contribution is 2.32. The van der Waals surface area contributed by atoms with E-state index >= 15 is 0 Å². The Morgan fingerprint density at radius 1 is 1.26 bits per heavy atom. The summed E-state index contributed by atoms with van der Waals surface area (Å²) in [6.07, 6.45) is 3.96. The van der Waals surface area contributed by atoms with Gasteiger partial charge < -0.3 is 4.74 Å². The number of rotatable bonds is 2. The van der Waals surface area contributed by atoms with Crippen molar-refractivity contribution in [1.29, 1.82) is 0 Å². The average molecular weight is 362 g/mol. The van der Waals surface area contributed by atoms with Crippen molar-refractivity contribution in [3.63, 3.8) is 0 Å². The third-order valence-corrected chi connectivity index (χ3v) is 4.48. The number of amides is 1. The number of nitrogens with zero attached hydrogens (tertiary/aromatic N) is 4. The Morgan fingerprint density at radius 3 is 2.81 bits per heavy atom. The molecule has 0 N–H and O–H groups in total. The Balaban J connectivity index is 1.74. The molecule has 0 fully saturated rings. The lowest BCUT2D eigenvalue weighted by Crippen LogP contribution is -2.35. The minimum atomic E-state index is -0.525. The zero-order valence-electron chi connectivity index (χ0n) is 15.8. The summed E-state index contributed by atoms with van der Waals surface area (Å²) in [6, 6.07) is 9.89. The first kappa shape index (κ1) is 17.3. The summed E-state index contributed by atoms with van der Waals surface area (Å²) >= 11 is 0. The highest BCUT2D eigenvalue weighted by Gasteiger charge is 2.29. The fourth-order valence-electron chi connectivity index (χ4n) is 3.24. The number of carbonyl (C=O) groups is 1. The number of anilines is 1. The number of benzene rings is 1. The van der Waals surface area contributed by atoms with Crippen molar-refractivity contribution in [3.05, 3.63) is 54.5 Å². The van der Waals surface area contributed by atoms with Crippen molar-refractivity contribution in [1.82, 2.24) is 14.5 Å². The Kier molecular flexibility index (Phi) is 3.98. The van der Waals surface area contributed by atoms with Crippen LogP contribution in [0.2, 0.25) is 0 Å². The zero-order chi connectivity index (χ0) is 19.2. The van der Waals surface area contributed by atoms with E-state index in [0.717, 1.165) is 40.2 Å². The van der Waals surface area contributed by atoms with Gasteiger partial charge in [0.05, 0.1) is 17.1 Å². The maximum atomic E-state index is 12.6. The van der Waals surface area contributed by atoms with Gasteiger partial charge >= 0.3 is 6.09 Å². The van der Waals surface area contributed by atoms with Crippen LogP contribution in [0.5, 0.6) is 0 Å². The average Bonchev–Trinajstić information content (AvgIpc) is 3.23. The Morgan fingerprint density at radius 2 is 2.07 bits per heavy atom. The van der Waals surface area contributed by atoms with Crippen LogP contribution in [0, 0.1) is 0 Å². The Bertz CT molecular complexity index is 1050. The predicted octanol–water partition coefficient (Wildman–Crippen LogP) is 4.36. The molecule has 27 heavy (non-hydrogen) atoms. The number of carbonyl (C=O) groups excluding carboxylic acids is 1. The molecule has 1 amide bonds. The molecule has 4 rings (SSSR count). The number of hydrogen-bond acceptors (Lipinski definition) is 4. The first-order valence-corrected chi connectivity index (χ1v) is 8.96. The lowest BCUT2D eigenvalue weighted by Gasteiger charge is -2.25. The van der Waals surface area contributed by atoms with Gasteiger partial charge in [-0.2, -0.15) is 0 Å². The predicted molar refractivity (Wildman–Crippen MR) is 106 cm³/mol. The van der Waals surface area contributed by atoms with E-state index in [9.17, 15) is 4.79 Å². The number of pyridine rings is 1. The number of imidazole rings is 1. The molecule has 0 saturated carbocycles. The lowest BCUT2D eigenvalue weighted by molar-refractivity contribution is 0.0584. The van der Waals surface area contributed by atoms with Gasteiger partial charge in [0.15, 0.2) is 5.65 Å². The normalized spacial score (nSPS) is 13.7. The summed E-state index contributed by atoms with van der Waals surface area (Å²) in [7, 11) is 0. The molecule has 2 aromatic heterocycles. The monoisotopic (exact) mass is 362 g/mol. The van der Waals surface area contributed by atoms with Crippen molar-refractivity contribution >= 4 is 29.0 Å². The van der Waals surface area contributed by atoms with Crippen LogP contribution in [-0.4, -0.2) is 32.8 Å². The van der Waals surface area contributed by atoms with Gasteiger partial charge in [-0.15, -0.1) is 0 Å². The maximum absolute atomic E-state index is 12.6. The molecular weight excluding hydrogens is 340 g/mol. The minimum absolute atomic E-state index is 0.319. The van der Waals surface area contributed by atoms with Crippen molar-refractivity contribution in [2.75, 3.05) is 11.4 Å². The van der Waals surface area contributed by atoms with Crippen LogP contribution < -0.4 is 4.90 Å². The van der Waals surface area contributed by atoms with Gasteiger partial charge in [-0.25, -0.2) is 14.8 Å². The van der Waals surface area contributed by atoms with Crippen LogP contribution in [0.25, 0.3) is 22.9 Å². The van der Waals surface area contributed by atoms with Gasteiger partial charge in [0, 0.05) is 6.54 Å². The van der Waals surface area contributed by atoms with E-state index in [-0.39, 0.29) is 6.09 Å². The first-order valence-electron chi connectivity index (χ1n) is 8.96. The van der Waals surface area contributed by atoms with Crippen LogP contribution in [0.15, 0.2) is 43.2 Å². The quantitative estimate of drug-likeness (QED) is 0.679. The second-order valence-corrected chi connectivity index (χ2v) is 7.59. The van der Waals surface area contributed by atoms with E-state index in [1.807, 2.05) is 49.6 Å². The smallest absolute Gasteiger partial charge is 0.414 e. The third-order valence-electron chi connectivity index (χ3n) is 4.48. The van der Waals surface area contributed by atoms with Gasteiger partial charge in [-0.05, 0) is 63.1 Å². The van der Waals surface area contributed by atoms with Gasteiger partial charge in [-0.3, -0.25) is 9.47 Å². The molecule has 0 atom stereocenters. The fourth-order valence-corrected chi connectivity index (χ4v) is 3.24. The molecule has 0 aliphatic carbocycles. The molecule has 0 spiro atoms. The van der Waals surface area contributed by atoms with E-state index in [0.29, 0.717) is 6.54 Å². The van der Waals surface area contributed by atoms with Crippen molar-refractivity contribution < 1.29 is 9.53 Å². The zero-order valence-corrected chi connectivity index (χ0v) is 15.8. The lowest BCUT2D eigenvalue weighted by atomic mass is 10.1. The molecular formula is C21H22N4O2. The summed E-state index contributed by atoms with van der Waals surface area (Å²) in [6.45, 7) is 10.0. The van der Waals surface area contributed by atoms with Crippen LogP contribution in [0.3, 0.4) is 0 Å². The van der Waals surface area contributed by atoms with E-state index < -0.39 is 5.60 Å². The SMILES string of the molecule is C=Cc1ccc2ncn(-c3ccc4c(c3)N(C(=O)OC(C)(C)C)CC4)c2n1. The summed E-state index contributed by atoms with van der Waals surface area (Å²) in [5, 5.41) is 0. The molecule has 1 aliphatic heterocycles. The number of ether oxygens (including phenoxy) is 1. The molecule has 1 aromatic carbocycles.